The zero-order valence-electron chi connectivity index (χ0n) is 10.4. The van der Waals surface area contributed by atoms with E-state index in [1.54, 1.807) is 5.90 Å². The average Bonchev–Trinajstić information content (AvgIpc) is 2.23. The van der Waals surface area contributed by atoms with Crippen molar-refractivity contribution < 1.29 is 0 Å². The number of hydrogen-bond donors (Lipinski definition) is 0. The molecule has 0 saturated heterocycles. The lowest BCUT2D eigenvalue weighted by Gasteiger charge is -2.20. The monoisotopic (exact) mass is 222 g/mol. The molecule has 0 nitrogen and oxygen atoms in total. The average molecular weight is 222 g/mol. The third-order valence-corrected chi connectivity index (χ3v) is 8.97. The summed E-state index contributed by atoms with van der Waals surface area (Å²) in [6, 6.07) is 0. The van der Waals surface area contributed by atoms with Crippen LogP contribution in [0.4, 0.5) is 0 Å². The standard InChI is InChI=1S/C9H22P2.C2H6/c1-5-10(6-2)9-11(7-3)8-4;1-2/h5-9H2,1-4H3;1-2H3. The Morgan fingerprint density at radius 3 is 1.00 bits per heavy atom. The van der Waals surface area contributed by atoms with Crippen LogP contribution in [-0.2, 0) is 0 Å². The molecule has 0 N–H and O–H groups in total. The van der Waals surface area contributed by atoms with Gasteiger partial charge < -0.3 is 0 Å². The van der Waals surface area contributed by atoms with E-state index in [1.807, 2.05) is 13.8 Å². The molecule has 0 radical (unpaired) electrons. The molecule has 13 heavy (non-hydrogen) atoms. The van der Waals surface area contributed by atoms with E-state index in [0.717, 1.165) is 0 Å². The lowest BCUT2D eigenvalue weighted by Crippen LogP contribution is -1.92. The molecular formula is C11H28P2. The SMILES string of the molecule is CC.CCP(CC)CP(CC)CC. The van der Waals surface area contributed by atoms with Crippen molar-refractivity contribution in [3.05, 3.63) is 0 Å². The smallest absolute Gasteiger partial charge is 0.0121 e. The fourth-order valence-electron chi connectivity index (χ4n) is 1.13. The second-order valence-corrected chi connectivity index (χ2v) is 9.09. The molecule has 0 aliphatic heterocycles. The van der Waals surface area contributed by atoms with Gasteiger partial charge in [-0.3, -0.25) is 0 Å². The van der Waals surface area contributed by atoms with Crippen LogP contribution >= 0.6 is 15.8 Å². The summed E-state index contributed by atoms with van der Waals surface area (Å²) in [5.41, 5.74) is 0. The van der Waals surface area contributed by atoms with Gasteiger partial charge in [0.1, 0.15) is 0 Å². The summed E-state index contributed by atoms with van der Waals surface area (Å²) in [6.45, 7) is 13.4. The molecule has 0 aromatic rings. The number of hydrogen-bond acceptors (Lipinski definition) is 0. The molecule has 0 spiro atoms. The Kier molecular flexibility index (Phi) is 16.1. The highest BCUT2D eigenvalue weighted by atomic mass is 31.2. The molecule has 2 heteroatoms. The molecule has 0 aliphatic rings. The van der Waals surface area contributed by atoms with Crippen LogP contribution in [0.25, 0.3) is 0 Å². The Morgan fingerprint density at radius 2 is 0.846 bits per heavy atom. The van der Waals surface area contributed by atoms with E-state index in [9.17, 15) is 0 Å². The molecule has 0 amide bonds. The van der Waals surface area contributed by atoms with Gasteiger partial charge in [-0.05, 0) is 30.6 Å². The second-order valence-electron chi connectivity index (χ2n) is 2.75. The predicted molar refractivity (Wildman–Crippen MR) is 72.2 cm³/mol. The van der Waals surface area contributed by atoms with Crippen molar-refractivity contribution in [2.45, 2.75) is 41.5 Å². The molecule has 0 heterocycles. The molecule has 0 fully saturated rings. The number of rotatable bonds is 6. The van der Waals surface area contributed by atoms with Crippen molar-refractivity contribution in [1.29, 1.82) is 0 Å². The van der Waals surface area contributed by atoms with Gasteiger partial charge in [0.25, 0.3) is 0 Å². The third kappa shape index (κ3) is 9.17. The maximum absolute atomic E-state index is 2.36. The highest BCUT2D eigenvalue weighted by Crippen LogP contribution is 2.49. The Bertz CT molecular complexity index is 66.2. The first-order valence-electron chi connectivity index (χ1n) is 5.73. The van der Waals surface area contributed by atoms with Crippen molar-refractivity contribution in [3.8, 4) is 0 Å². The fraction of sp³-hybridized carbons (Fsp3) is 1.00. The van der Waals surface area contributed by atoms with Gasteiger partial charge in [-0.2, -0.15) is 0 Å². The van der Waals surface area contributed by atoms with Crippen molar-refractivity contribution in [2.75, 3.05) is 30.6 Å². The van der Waals surface area contributed by atoms with Crippen molar-refractivity contribution in [1.82, 2.24) is 0 Å². The van der Waals surface area contributed by atoms with Crippen molar-refractivity contribution in [2.24, 2.45) is 0 Å². The van der Waals surface area contributed by atoms with Crippen LogP contribution < -0.4 is 0 Å². The molecule has 0 saturated carbocycles. The van der Waals surface area contributed by atoms with Crippen LogP contribution in [-0.4, -0.2) is 30.6 Å². The van der Waals surface area contributed by atoms with E-state index in [0.29, 0.717) is 15.8 Å². The third-order valence-electron chi connectivity index (χ3n) is 2.19. The molecule has 0 atom stereocenters. The highest BCUT2D eigenvalue weighted by molar-refractivity contribution is 7.74. The first-order chi connectivity index (χ1) is 6.28. The first-order valence-corrected chi connectivity index (χ1v) is 9.52. The van der Waals surface area contributed by atoms with E-state index < -0.39 is 0 Å². The summed E-state index contributed by atoms with van der Waals surface area (Å²) in [5.74, 6) is 1.59. The zero-order valence-corrected chi connectivity index (χ0v) is 12.2. The Hall–Kier alpha value is 0.860. The molecule has 82 valence electrons. The molecule has 0 bridgehead atoms. The van der Waals surface area contributed by atoms with Crippen LogP contribution in [0.1, 0.15) is 41.5 Å². The molecule has 0 aliphatic carbocycles. The van der Waals surface area contributed by atoms with Crippen LogP contribution in [0, 0.1) is 0 Å². The normalized spacial score (nSPS) is 10.2. The van der Waals surface area contributed by atoms with E-state index in [-0.39, 0.29) is 0 Å². The molecule has 0 rings (SSSR count). The maximum atomic E-state index is 2.36. The van der Waals surface area contributed by atoms with Gasteiger partial charge >= 0.3 is 0 Å². The fourth-order valence-corrected chi connectivity index (χ4v) is 7.49. The van der Waals surface area contributed by atoms with Crippen LogP contribution in [0.2, 0.25) is 0 Å². The molecule has 0 aromatic carbocycles. The van der Waals surface area contributed by atoms with E-state index in [4.69, 9.17) is 0 Å². The quantitative estimate of drug-likeness (QED) is 0.554. The summed E-state index contributed by atoms with van der Waals surface area (Å²) in [7, 11) is 0.843. The molecular weight excluding hydrogens is 194 g/mol. The van der Waals surface area contributed by atoms with Gasteiger partial charge in [-0.1, -0.05) is 41.5 Å². The van der Waals surface area contributed by atoms with Crippen LogP contribution in [0.3, 0.4) is 0 Å². The van der Waals surface area contributed by atoms with Crippen LogP contribution in [0.5, 0.6) is 0 Å². The summed E-state index contributed by atoms with van der Waals surface area (Å²) >= 11 is 0. The molecule has 0 aromatic heterocycles. The summed E-state index contributed by atoms with van der Waals surface area (Å²) in [4.78, 5) is 0. The van der Waals surface area contributed by atoms with Gasteiger partial charge in [0.15, 0.2) is 0 Å². The largest absolute Gasteiger partial charge is 0.103 e. The minimum atomic E-state index is 0.422. The predicted octanol–water partition coefficient (Wildman–Crippen LogP) is 5.01. The maximum Gasteiger partial charge on any atom is -0.0121 e. The second kappa shape index (κ2) is 12.9. The lowest BCUT2D eigenvalue weighted by atomic mass is 11.0. The highest BCUT2D eigenvalue weighted by Gasteiger charge is 2.08. The minimum Gasteiger partial charge on any atom is -0.103 e. The Labute approximate surface area is 88.4 Å². The van der Waals surface area contributed by atoms with E-state index in [1.165, 1.54) is 24.6 Å². The van der Waals surface area contributed by atoms with Gasteiger partial charge in [-0.15, -0.1) is 15.8 Å². The van der Waals surface area contributed by atoms with Gasteiger partial charge in [0.05, 0.1) is 0 Å². The van der Waals surface area contributed by atoms with E-state index in [2.05, 4.69) is 27.7 Å². The Morgan fingerprint density at radius 1 is 0.615 bits per heavy atom. The summed E-state index contributed by atoms with van der Waals surface area (Å²) < 4.78 is 0. The van der Waals surface area contributed by atoms with E-state index >= 15 is 0 Å². The topological polar surface area (TPSA) is 0 Å². The van der Waals surface area contributed by atoms with Crippen molar-refractivity contribution >= 4 is 15.8 Å². The minimum absolute atomic E-state index is 0.422. The summed E-state index contributed by atoms with van der Waals surface area (Å²) in [6.07, 6.45) is 5.80. The summed E-state index contributed by atoms with van der Waals surface area (Å²) in [5, 5.41) is 0. The van der Waals surface area contributed by atoms with Gasteiger partial charge in [-0.25, -0.2) is 0 Å². The Balaban J connectivity index is 0. The van der Waals surface area contributed by atoms with Crippen LogP contribution in [0.15, 0.2) is 0 Å². The molecule has 0 unspecified atom stereocenters. The first kappa shape index (κ1) is 16.3. The lowest BCUT2D eigenvalue weighted by molar-refractivity contribution is 1.38. The van der Waals surface area contributed by atoms with Crippen molar-refractivity contribution in [3.63, 3.8) is 0 Å². The van der Waals surface area contributed by atoms with Gasteiger partial charge in [0, 0.05) is 0 Å². The zero-order chi connectivity index (χ0) is 10.7. The van der Waals surface area contributed by atoms with Gasteiger partial charge in [0.2, 0.25) is 0 Å².